The molecule has 112 valence electrons. The molecule has 3 aromatic rings. The van der Waals surface area contributed by atoms with Crippen LogP contribution < -0.4 is 11.0 Å². The van der Waals surface area contributed by atoms with Gasteiger partial charge in [0.05, 0.1) is 6.42 Å². The van der Waals surface area contributed by atoms with Crippen LogP contribution in [-0.2, 0) is 17.8 Å². The molecule has 0 saturated heterocycles. The van der Waals surface area contributed by atoms with Crippen molar-refractivity contribution in [1.29, 1.82) is 0 Å². The van der Waals surface area contributed by atoms with E-state index in [4.69, 9.17) is 0 Å². The highest BCUT2D eigenvalue weighted by atomic mass is 16.2. The summed E-state index contributed by atoms with van der Waals surface area (Å²) in [4.78, 5) is 33.5. The van der Waals surface area contributed by atoms with Gasteiger partial charge in [-0.05, 0) is 6.07 Å². The molecule has 0 aliphatic carbocycles. The molecule has 0 spiro atoms. The standard InChI is InChI=1S/C13H13N7O2/c21-11(6-10-17-13(22)19-18-10)16-7-9-2-1-3-15-12(9)20-5-4-14-8-20/h1-5,8H,6-7H2,(H,16,21)(H2,17,18,19,22). The summed E-state index contributed by atoms with van der Waals surface area (Å²) in [6.07, 6.45) is 6.75. The summed E-state index contributed by atoms with van der Waals surface area (Å²) in [7, 11) is 0. The number of hydrogen-bond acceptors (Lipinski definition) is 5. The molecule has 0 aliphatic rings. The predicted molar refractivity (Wildman–Crippen MR) is 76.1 cm³/mol. The number of pyridine rings is 1. The van der Waals surface area contributed by atoms with E-state index in [2.05, 4.69) is 30.5 Å². The van der Waals surface area contributed by atoms with Crippen molar-refractivity contribution in [2.45, 2.75) is 13.0 Å². The number of aromatic amines is 2. The van der Waals surface area contributed by atoms with E-state index in [1.54, 1.807) is 35.6 Å². The topological polar surface area (TPSA) is 121 Å². The second-order valence-corrected chi connectivity index (χ2v) is 4.53. The van der Waals surface area contributed by atoms with Gasteiger partial charge in [-0.15, -0.1) is 0 Å². The van der Waals surface area contributed by atoms with Crippen LogP contribution in [0.1, 0.15) is 11.4 Å². The normalized spacial score (nSPS) is 10.5. The number of carbonyl (C=O) groups is 1. The van der Waals surface area contributed by atoms with E-state index < -0.39 is 5.69 Å². The Bertz CT molecular complexity index is 819. The lowest BCUT2D eigenvalue weighted by Gasteiger charge is -2.09. The first-order valence-electron chi connectivity index (χ1n) is 6.55. The van der Waals surface area contributed by atoms with Crippen molar-refractivity contribution in [3.05, 3.63) is 58.9 Å². The molecular weight excluding hydrogens is 286 g/mol. The molecule has 3 aromatic heterocycles. The molecule has 0 unspecified atom stereocenters. The van der Waals surface area contributed by atoms with Gasteiger partial charge < -0.3 is 5.32 Å². The van der Waals surface area contributed by atoms with Crippen molar-refractivity contribution >= 4 is 5.91 Å². The summed E-state index contributed by atoms with van der Waals surface area (Å²) in [6.45, 7) is 0.314. The molecule has 9 nitrogen and oxygen atoms in total. The number of imidazole rings is 1. The maximum atomic E-state index is 11.9. The molecule has 3 rings (SSSR count). The van der Waals surface area contributed by atoms with Gasteiger partial charge in [0.25, 0.3) is 0 Å². The fraction of sp³-hybridized carbons (Fsp3) is 0.154. The highest BCUT2D eigenvalue weighted by Crippen LogP contribution is 2.10. The zero-order valence-corrected chi connectivity index (χ0v) is 11.5. The monoisotopic (exact) mass is 299 g/mol. The highest BCUT2D eigenvalue weighted by Gasteiger charge is 2.09. The zero-order chi connectivity index (χ0) is 15.4. The lowest BCUT2D eigenvalue weighted by molar-refractivity contribution is -0.120. The SMILES string of the molecule is O=C(Cc1n[nH]c(=O)[nH]1)NCc1cccnc1-n1ccnc1. The number of carbonyl (C=O) groups excluding carboxylic acids is 1. The van der Waals surface area contributed by atoms with Crippen molar-refractivity contribution < 1.29 is 4.79 Å². The maximum absolute atomic E-state index is 11.9. The van der Waals surface area contributed by atoms with Crippen molar-refractivity contribution in [3.63, 3.8) is 0 Å². The van der Waals surface area contributed by atoms with Crippen LogP contribution in [0.5, 0.6) is 0 Å². The number of rotatable bonds is 5. The molecule has 0 aliphatic heterocycles. The Hall–Kier alpha value is -3.23. The summed E-state index contributed by atoms with van der Waals surface area (Å²) in [6, 6.07) is 3.67. The Morgan fingerprint density at radius 3 is 3.00 bits per heavy atom. The van der Waals surface area contributed by atoms with Gasteiger partial charge in [-0.2, -0.15) is 5.10 Å². The van der Waals surface area contributed by atoms with E-state index in [1.807, 2.05) is 6.07 Å². The number of hydrogen-bond donors (Lipinski definition) is 3. The van der Waals surface area contributed by atoms with Gasteiger partial charge in [0.1, 0.15) is 18.0 Å². The largest absolute Gasteiger partial charge is 0.351 e. The minimum atomic E-state index is -0.433. The van der Waals surface area contributed by atoms with Crippen LogP contribution in [0.3, 0.4) is 0 Å². The first-order valence-corrected chi connectivity index (χ1v) is 6.55. The van der Waals surface area contributed by atoms with Gasteiger partial charge in [-0.25, -0.2) is 19.9 Å². The third-order valence-corrected chi connectivity index (χ3v) is 2.97. The van der Waals surface area contributed by atoms with Gasteiger partial charge in [-0.1, -0.05) is 6.07 Å². The van der Waals surface area contributed by atoms with E-state index >= 15 is 0 Å². The molecule has 0 aromatic carbocycles. The maximum Gasteiger partial charge on any atom is 0.340 e. The molecule has 22 heavy (non-hydrogen) atoms. The minimum Gasteiger partial charge on any atom is -0.351 e. The first kappa shape index (κ1) is 13.7. The molecule has 9 heteroatoms. The fourth-order valence-electron chi connectivity index (χ4n) is 1.98. The Labute approximate surface area is 124 Å². The Morgan fingerprint density at radius 1 is 1.36 bits per heavy atom. The summed E-state index contributed by atoms with van der Waals surface area (Å²) >= 11 is 0. The second kappa shape index (κ2) is 6.04. The van der Waals surface area contributed by atoms with E-state index in [0.29, 0.717) is 18.2 Å². The third-order valence-electron chi connectivity index (χ3n) is 2.97. The molecule has 0 bridgehead atoms. The van der Waals surface area contributed by atoms with Crippen LogP contribution in [0.4, 0.5) is 0 Å². The summed E-state index contributed by atoms with van der Waals surface area (Å²) in [5, 5.41) is 8.67. The van der Waals surface area contributed by atoms with Crippen LogP contribution in [0.15, 0.2) is 41.8 Å². The molecule has 0 saturated carbocycles. The molecule has 3 heterocycles. The highest BCUT2D eigenvalue weighted by molar-refractivity contribution is 5.77. The van der Waals surface area contributed by atoms with Gasteiger partial charge >= 0.3 is 5.69 Å². The Morgan fingerprint density at radius 2 is 2.27 bits per heavy atom. The van der Waals surface area contributed by atoms with Crippen LogP contribution >= 0.6 is 0 Å². The first-order chi connectivity index (χ1) is 10.7. The quantitative estimate of drug-likeness (QED) is 0.588. The van der Waals surface area contributed by atoms with Gasteiger partial charge in [0.2, 0.25) is 5.91 Å². The average Bonchev–Trinajstić information content (AvgIpc) is 3.17. The van der Waals surface area contributed by atoms with Crippen molar-refractivity contribution in [1.82, 2.24) is 35.0 Å². The zero-order valence-electron chi connectivity index (χ0n) is 11.5. The molecular formula is C13H13N7O2. The van der Waals surface area contributed by atoms with E-state index in [-0.39, 0.29) is 12.3 Å². The third kappa shape index (κ3) is 3.08. The number of amides is 1. The molecule has 3 N–H and O–H groups in total. The van der Waals surface area contributed by atoms with Crippen LogP contribution in [0.2, 0.25) is 0 Å². The smallest absolute Gasteiger partial charge is 0.340 e. The van der Waals surface area contributed by atoms with Crippen LogP contribution in [0.25, 0.3) is 5.82 Å². The van der Waals surface area contributed by atoms with Crippen molar-refractivity contribution in [2.24, 2.45) is 0 Å². The second-order valence-electron chi connectivity index (χ2n) is 4.53. The molecule has 0 atom stereocenters. The Kier molecular flexibility index (Phi) is 3.77. The molecule has 0 radical (unpaired) electrons. The minimum absolute atomic E-state index is 0.000584. The van der Waals surface area contributed by atoms with Crippen LogP contribution in [0, 0.1) is 0 Å². The summed E-state index contributed by atoms with van der Waals surface area (Å²) in [5.74, 6) is 0.750. The van der Waals surface area contributed by atoms with Crippen molar-refractivity contribution in [2.75, 3.05) is 0 Å². The number of nitrogens with one attached hydrogen (secondary N) is 3. The predicted octanol–water partition coefficient (Wildman–Crippen LogP) is -0.462. The summed E-state index contributed by atoms with van der Waals surface area (Å²) < 4.78 is 1.77. The average molecular weight is 299 g/mol. The van der Waals surface area contributed by atoms with Gasteiger partial charge in [0.15, 0.2) is 0 Å². The van der Waals surface area contributed by atoms with Crippen LogP contribution in [-0.4, -0.2) is 35.6 Å². The fourth-order valence-corrected chi connectivity index (χ4v) is 1.98. The van der Waals surface area contributed by atoms with Crippen molar-refractivity contribution in [3.8, 4) is 5.82 Å². The van der Waals surface area contributed by atoms with Gasteiger partial charge in [-0.3, -0.25) is 14.3 Å². The molecule has 0 fully saturated rings. The van der Waals surface area contributed by atoms with E-state index in [1.165, 1.54) is 0 Å². The van der Waals surface area contributed by atoms with E-state index in [9.17, 15) is 9.59 Å². The summed E-state index contributed by atoms with van der Waals surface area (Å²) in [5.41, 5.74) is 0.418. The molecule has 1 amide bonds. The number of H-pyrrole nitrogens is 2. The lowest BCUT2D eigenvalue weighted by Crippen LogP contribution is -2.26. The van der Waals surface area contributed by atoms with E-state index in [0.717, 1.165) is 5.56 Å². The van der Waals surface area contributed by atoms with Gasteiger partial charge in [0, 0.05) is 30.7 Å². The number of aromatic nitrogens is 6. The number of nitrogens with zero attached hydrogens (tertiary/aromatic N) is 4. The lowest BCUT2D eigenvalue weighted by atomic mass is 10.2. The Balaban J connectivity index is 1.67.